The molecule has 0 N–H and O–H groups in total. The van der Waals surface area contributed by atoms with E-state index in [0.717, 1.165) is 23.4 Å². The molecule has 96 valence electrons. The molecule has 0 spiro atoms. The van der Waals surface area contributed by atoms with Gasteiger partial charge >= 0.3 is 0 Å². The zero-order valence-electron chi connectivity index (χ0n) is 11.5. The third-order valence-corrected chi connectivity index (χ3v) is 4.04. The molecule has 17 heavy (non-hydrogen) atoms. The van der Waals surface area contributed by atoms with Gasteiger partial charge in [-0.1, -0.05) is 20.3 Å². The molecule has 3 heteroatoms. The van der Waals surface area contributed by atoms with Gasteiger partial charge in [0.2, 0.25) is 0 Å². The first kappa shape index (κ1) is 14.4. The van der Waals surface area contributed by atoms with Gasteiger partial charge in [-0.05, 0) is 32.9 Å². The van der Waals surface area contributed by atoms with Crippen molar-refractivity contribution in [2.24, 2.45) is 5.92 Å². The predicted octanol–water partition coefficient (Wildman–Crippen LogP) is 3.53. The molecule has 2 nitrogen and oxygen atoms in total. The van der Waals surface area contributed by atoms with E-state index in [2.05, 4.69) is 25.7 Å². The van der Waals surface area contributed by atoms with Crippen LogP contribution < -0.4 is 0 Å². The lowest BCUT2D eigenvalue weighted by atomic mass is 10.1. The van der Waals surface area contributed by atoms with Crippen molar-refractivity contribution in [1.29, 1.82) is 0 Å². The quantitative estimate of drug-likeness (QED) is 0.723. The number of hydrogen-bond donors (Lipinski definition) is 0. The largest absolute Gasteiger partial charge is 0.299 e. The molecular formula is C14H23NOS. The zero-order valence-corrected chi connectivity index (χ0v) is 12.4. The smallest absolute Gasteiger partial charge is 0.177 e. The molecule has 0 saturated carbocycles. The highest BCUT2D eigenvalue weighted by Crippen LogP contribution is 2.21. The fourth-order valence-electron chi connectivity index (χ4n) is 1.96. The maximum Gasteiger partial charge on any atom is 0.177 e. The minimum Gasteiger partial charge on any atom is -0.299 e. The highest BCUT2D eigenvalue weighted by Gasteiger charge is 2.14. The first-order valence-electron chi connectivity index (χ1n) is 6.22. The summed E-state index contributed by atoms with van der Waals surface area (Å²) in [5.41, 5.74) is 0.906. The van der Waals surface area contributed by atoms with Crippen molar-refractivity contribution in [2.45, 2.75) is 34.1 Å². The van der Waals surface area contributed by atoms with E-state index in [1.165, 1.54) is 4.88 Å². The minimum atomic E-state index is 0.248. The normalized spacial score (nSPS) is 13.1. The second-order valence-electron chi connectivity index (χ2n) is 4.96. The van der Waals surface area contributed by atoms with Crippen LogP contribution in [-0.2, 0) is 0 Å². The number of hydrogen-bond acceptors (Lipinski definition) is 3. The Labute approximate surface area is 109 Å². The van der Waals surface area contributed by atoms with Gasteiger partial charge in [-0.2, -0.15) is 0 Å². The summed E-state index contributed by atoms with van der Waals surface area (Å²) in [5, 5.41) is 0. The van der Waals surface area contributed by atoms with Crippen LogP contribution in [0.5, 0.6) is 0 Å². The van der Waals surface area contributed by atoms with E-state index < -0.39 is 0 Å². The lowest BCUT2D eigenvalue weighted by Crippen LogP contribution is -2.30. The number of carbonyl (C=O) groups excluding carboxylic acids is 1. The summed E-state index contributed by atoms with van der Waals surface area (Å²) in [7, 11) is 2.03. The van der Waals surface area contributed by atoms with Gasteiger partial charge in [0.15, 0.2) is 5.78 Å². The Kier molecular flexibility index (Phi) is 5.34. The van der Waals surface area contributed by atoms with Crippen molar-refractivity contribution < 1.29 is 4.79 Å². The van der Waals surface area contributed by atoms with Crippen LogP contribution in [0.3, 0.4) is 0 Å². The van der Waals surface area contributed by atoms with E-state index in [1.807, 2.05) is 20.0 Å². The number of ketones is 1. The van der Waals surface area contributed by atoms with Crippen LogP contribution in [-0.4, -0.2) is 30.8 Å². The number of aryl methyl sites for hydroxylation is 2. The zero-order chi connectivity index (χ0) is 13.0. The topological polar surface area (TPSA) is 20.3 Å². The molecule has 1 unspecified atom stereocenters. The third-order valence-electron chi connectivity index (χ3n) is 3.08. The molecule has 0 saturated heterocycles. The Hall–Kier alpha value is -0.670. The van der Waals surface area contributed by atoms with Crippen LogP contribution in [0, 0.1) is 19.8 Å². The monoisotopic (exact) mass is 253 g/mol. The summed E-state index contributed by atoms with van der Waals surface area (Å²) in [4.78, 5) is 16.6. The van der Waals surface area contributed by atoms with Crippen molar-refractivity contribution in [3.05, 3.63) is 21.4 Å². The summed E-state index contributed by atoms with van der Waals surface area (Å²) >= 11 is 1.70. The van der Waals surface area contributed by atoms with Crippen molar-refractivity contribution in [1.82, 2.24) is 4.90 Å². The van der Waals surface area contributed by atoms with Crippen LogP contribution in [0.25, 0.3) is 0 Å². The first-order valence-corrected chi connectivity index (χ1v) is 7.04. The van der Waals surface area contributed by atoms with Crippen molar-refractivity contribution in [2.75, 3.05) is 20.1 Å². The maximum absolute atomic E-state index is 12.1. The van der Waals surface area contributed by atoms with Gasteiger partial charge in [0, 0.05) is 21.9 Å². The van der Waals surface area contributed by atoms with Crippen LogP contribution in [0.15, 0.2) is 6.07 Å². The molecule has 0 radical (unpaired) electrons. The van der Waals surface area contributed by atoms with Gasteiger partial charge in [0.25, 0.3) is 0 Å². The number of likely N-dealkylation sites (N-methyl/N-ethyl adjacent to an activating group) is 1. The maximum atomic E-state index is 12.1. The van der Waals surface area contributed by atoms with Gasteiger partial charge < -0.3 is 0 Å². The highest BCUT2D eigenvalue weighted by atomic mass is 32.1. The van der Waals surface area contributed by atoms with Gasteiger partial charge in [-0.25, -0.2) is 0 Å². The lowest BCUT2D eigenvalue weighted by Gasteiger charge is -2.19. The average molecular weight is 253 g/mol. The summed E-state index contributed by atoms with van der Waals surface area (Å²) < 4.78 is 0. The predicted molar refractivity (Wildman–Crippen MR) is 75.1 cm³/mol. The van der Waals surface area contributed by atoms with Crippen LogP contribution >= 0.6 is 11.3 Å². The van der Waals surface area contributed by atoms with Crippen molar-refractivity contribution in [3.8, 4) is 0 Å². The van der Waals surface area contributed by atoms with E-state index in [4.69, 9.17) is 0 Å². The summed E-state index contributed by atoms with van der Waals surface area (Å²) in [6.45, 7) is 10.0. The fraction of sp³-hybridized carbons (Fsp3) is 0.643. The number of rotatable bonds is 6. The highest BCUT2D eigenvalue weighted by molar-refractivity contribution is 7.12. The molecule has 1 rings (SSSR count). The van der Waals surface area contributed by atoms with Crippen molar-refractivity contribution >= 4 is 17.1 Å². The van der Waals surface area contributed by atoms with E-state index in [1.54, 1.807) is 11.3 Å². The minimum absolute atomic E-state index is 0.248. The van der Waals surface area contributed by atoms with E-state index >= 15 is 0 Å². The van der Waals surface area contributed by atoms with E-state index in [-0.39, 0.29) is 5.78 Å². The van der Waals surface area contributed by atoms with Crippen LogP contribution in [0.1, 0.15) is 40.4 Å². The Morgan fingerprint density at radius 3 is 2.59 bits per heavy atom. The van der Waals surface area contributed by atoms with Gasteiger partial charge in [0.1, 0.15) is 0 Å². The lowest BCUT2D eigenvalue weighted by molar-refractivity contribution is 0.0938. The Bertz CT molecular complexity index is 384. The van der Waals surface area contributed by atoms with Gasteiger partial charge in [-0.3, -0.25) is 9.69 Å². The third kappa shape index (κ3) is 4.25. The van der Waals surface area contributed by atoms with E-state index in [9.17, 15) is 4.79 Å². The number of nitrogens with zero attached hydrogens (tertiary/aromatic N) is 1. The summed E-state index contributed by atoms with van der Waals surface area (Å²) in [5.74, 6) is 0.899. The number of carbonyl (C=O) groups is 1. The average Bonchev–Trinajstić information content (AvgIpc) is 2.57. The molecule has 1 heterocycles. The van der Waals surface area contributed by atoms with E-state index in [0.29, 0.717) is 12.5 Å². The van der Waals surface area contributed by atoms with Crippen molar-refractivity contribution in [3.63, 3.8) is 0 Å². The summed E-state index contributed by atoms with van der Waals surface area (Å²) in [6.07, 6.45) is 1.16. The molecule has 0 fully saturated rings. The molecule has 1 atom stereocenters. The molecule has 1 aromatic heterocycles. The molecule has 0 bridgehead atoms. The molecular weight excluding hydrogens is 230 g/mol. The molecule has 1 aromatic rings. The van der Waals surface area contributed by atoms with Crippen LogP contribution in [0.2, 0.25) is 0 Å². The Balaban J connectivity index is 2.57. The first-order chi connectivity index (χ1) is 7.93. The Morgan fingerprint density at radius 1 is 1.47 bits per heavy atom. The standard InChI is InChI=1S/C14H23NOS/c1-6-10(2)8-15(5)9-14(16)13-7-11(3)17-12(13)4/h7,10H,6,8-9H2,1-5H3. The number of thiophene rings is 1. The Morgan fingerprint density at radius 2 is 2.12 bits per heavy atom. The second kappa shape index (κ2) is 6.31. The molecule has 0 amide bonds. The molecule has 0 aliphatic rings. The second-order valence-corrected chi connectivity index (χ2v) is 6.42. The molecule has 0 aliphatic heterocycles. The summed E-state index contributed by atoms with van der Waals surface area (Å²) in [6, 6.07) is 2.01. The number of Topliss-reactive ketones (excluding diaryl/α,β-unsaturated/α-hetero) is 1. The molecule has 0 aliphatic carbocycles. The van der Waals surface area contributed by atoms with Gasteiger partial charge in [0.05, 0.1) is 6.54 Å². The van der Waals surface area contributed by atoms with Gasteiger partial charge in [-0.15, -0.1) is 11.3 Å². The van der Waals surface area contributed by atoms with Crippen LogP contribution in [0.4, 0.5) is 0 Å². The SMILES string of the molecule is CCC(C)CN(C)CC(=O)c1cc(C)sc1C. The fourth-order valence-corrected chi connectivity index (χ4v) is 2.91. The molecule has 0 aromatic carbocycles.